The second-order valence-corrected chi connectivity index (χ2v) is 9.82. The Hall–Kier alpha value is -2.11. The molecule has 1 atom stereocenters. The number of pyridine rings is 1. The Kier molecular flexibility index (Phi) is 5.65. The van der Waals surface area contributed by atoms with Crippen LogP contribution in [0.2, 0.25) is 5.02 Å². The van der Waals surface area contributed by atoms with Gasteiger partial charge in [-0.2, -0.15) is 0 Å². The quantitative estimate of drug-likeness (QED) is 0.763. The molecular weight excluding hydrogens is 410 g/mol. The van der Waals surface area contributed by atoms with Crippen molar-refractivity contribution in [1.82, 2.24) is 9.88 Å². The van der Waals surface area contributed by atoms with Crippen molar-refractivity contribution in [3.63, 3.8) is 0 Å². The number of halogens is 1. The fraction of sp³-hybridized carbons (Fsp3) is 0.520. The van der Waals surface area contributed by atoms with Gasteiger partial charge in [-0.15, -0.1) is 0 Å². The van der Waals surface area contributed by atoms with Gasteiger partial charge in [-0.3, -0.25) is 4.79 Å². The van der Waals surface area contributed by atoms with Gasteiger partial charge in [0, 0.05) is 37.4 Å². The predicted octanol–water partition coefficient (Wildman–Crippen LogP) is 4.52. The van der Waals surface area contributed by atoms with Crippen molar-refractivity contribution >= 4 is 23.3 Å². The molecule has 0 bridgehead atoms. The summed E-state index contributed by atoms with van der Waals surface area (Å²) in [7, 11) is 0. The van der Waals surface area contributed by atoms with Gasteiger partial charge in [-0.1, -0.05) is 41.9 Å². The number of hydrogen-bond donors (Lipinski definition) is 1. The number of carbonyl (C=O) groups is 1. The molecule has 164 valence electrons. The van der Waals surface area contributed by atoms with E-state index >= 15 is 0 Å². The van der Waals surface area contributed by atoms with E-state index in [1.165, 1.54) is 0 Å². The molecule has 1 aromatic carbocycles. The molecule has 2 aliphatic heterocycles. The first kappa shape index (κ1) is 20.8. The number of hydrogen-bond acceptors (Lipinski definition) is 4. The zero-order chi connectivity index (χ0) is 21.4. The van der Waals surface area contributed by atoms with Gasteiger partial charge in [0.15, 0.2) is 0 Å². The van der Waals surface area contributed by atoms with E-state index in [1.54, 1.807) is 0 Å². The lowest BCUT2D eigenvalue weighted by Gasteiger charge is -2.41. The van der Waals surface area contributed by atoms with Crippen LogP contribution in [0.3, 0.4) is 0 Å². The molecule has 5 rings (SSSR count). The van der Waals surface area contributed by atoms with E-state index in [2.05, 4.69) is 21.9 Å². The number of aliphatic hydroxyl groups is 1. The Morgan fingerprint density at radius 3 is 2.55 bits per heavy atom. The van der Waals surface area contributed by atoms with Crippen LogP contribution in [0, 0.1) is 5.41 Å². The summed E-state index contributed by atoms with van der Waals surface area (Å²) in [5.74, 6) is 1.09. The van der Waals surface area contributed by atoms with Gasteiger partial charge in [-0.25, -0.2) is 4.98 Å². The standard InChI is InChI=1S/C25H30ClN3O2/c26-22-15-19(18-5-2-1-3-6-18)16-27-23(22)28-13-4-11-25(17-28)12-14-29(24(25)31)20-7-9-21(30)10-8-20/h1-3,5-6,15-16,20-21,30H,4,7-14,17H2/t20-,21+,25-/m1/s1. The van der Waals surface area contributed by atoms with Crippen LogP contribution < -0.4 is 4.90 Å². The monoisotopic (exact) mass is 439 g/mol. The van der Waals surface area contributed by atoms with Gasteiger partial charge in [-0.05, 0) is 56.6 Å². The molecule has 1 spiro atoms. The van der Waals surface area contributed by atoms with Crippen LogP contribution in [0.1, 0.15) is 44.9 Å². The van der Waals surface area contributed by atoms with Crippen molar-refractivity contribution < 1.29 is 9.90 Å². The second-order valence-electron chi connectivity index (χ2n) is 9.41. The Morgan fingerprint density at radius 2 is 1.81 bits per heavy atom. The molecular formula is C25H30ClN3O2. The van der Waals surface area contributed by atoms with Crippen molar-refractivity contribution in [1.29, 1.82) is 0 Å². The molecule has 0 radical (unpaired) electrons. The molecule has 2 aromatic rings. The van der Waals surface area contributed by atoms with Gasteiger partial charge in [0.2, 0.25) is 5.91 Å². The highest BCUT2D eigenvalue weighted by molar-refractivity contribution is 6.33. The summed E-state index contributed by atoms with van der Waals surface area (Å²) < 4.78 is 0. The summed E-state index contributed by atoms with van der Waals surface area (Å²) in [6, 6.07) is 12.4. The summed E-state index contributed by atoms with van der Waals surface area (Å²) in [5, 5.41) is 10.5. The molecule has 6 heteroatoms. The molecule has 3 heterocycles. The lowest BCUT2D eigenvalue weighted by molar-refractivity contribution is -0.139. The topological polar surface area (TPSA) is 56.7 Å². The van der Waals surface area contributed by atoms with E-state index in [1.807, 2.05) is 30.5 Å². The van der Waals surface area contributed by atoms with E-state index < -0.39 is 0 Å². The minimum Gasteiger partial charge on any atom is -0.393 e. The van der Waals surface area contributed by atoms with E-state index in [-0.39, 0.29) is 17.6 Å². The number of aliphatic hydroxyl groups excluding tert-OH is 1. The third kappa shape index (κ3) is 3.94. The smallest absolute Gasteiger partial charge is 0.230 e. The second kappa shape index (κ2) is 8.44. The van der Waals surface area contributed by atoms with E-state index in [0.29, 0.717) is 17.5 Å². The summed E-state index contributed by atoms with van der Waals surface area (Å²) in [5.41, 5.74) is 1.78. The van der Waals surface area contributed by atoms with Gasteiger partial charge < -0.3 is 14.9 Å². The van der Waals surface area contributed by atoms with Crippen molar-refractivity contribution in [2.24, 2.45) is 5.41 Å². The largest absolute Gasteiger partial charge is 0.393 e. The van der Waals surface area contributed by atoms with Crippen LogP contribution in [0.5, 0.6) is 0 Å². The molecule has 3 fully saturated rings. The summed E-state index contributed by atoms with van der Waals surface area (Å²) in [4.78, 5) is 22.6. The van der Waals surface area contributed by atoms with Crippen LogP contribution in [-0.2, 0) is 4.79 Å². The Balaban J connectivity index is 1.33. The van der Waals surface area contributed by atoms with E-state index in [4.69, 9.17) is 16.6 Å². The minimum absolute atomic E-state index is 0.194. The highest BCUT2D eigenvalue weighted by Gasteiger charge is 2.51. The molecule has 1 N–H and O–H groups in total. The van der Waals surface area contributed by atoms with Crippen LogP contribution in [0.4, 0.5) is 5.82 Å². The maximum absolute atomic E-state index is 13.5. The van der Waals surface area contributed by atoms with Crippen LogP contribution in [-0.4, -0.2) is 52.7 Å². The van der Waals surface area contributed by atoms with Crippen LogP contribution >= 0.6 is 11.6 Å². The van der Waals surface area contributed by atoms with Gasteiger partial charge in [0.1, 0.15) is 5.82 Å². The predicted molar refractivity (Wildman–Crippen MR) is 123 cm³/mol. The fourth-order valence-electron chi connectivity index (χ4n) is 5.71. The first-order chi connectivity index (χ1) is 15.1. The van der Waals surface area contributed by atoms with Crippen molar-refractivity contribution in [2.75, 3.05) is 24.5 Å². The lowest BCUT2D eigenvalue weighted by Crippen LogP contribution is -2.50. The lowest BCUT2D eigenvalue weighted by atomic mass is 9.78. The highest BCUT2D eigenvalue weighted by atomic mass is 35.5. The third-order valence-corrected chi connectivity index (χ3v) is 7.74. The average Bonchev–Trinajstić information content (AvgIpc) is 3.10. The maximum Gasteiger partial charge on any atom is 0.230 e. The van der Waals surface area contributed by atoms with Crippen molar-refractivity contribution in [3.05, 3.63) is 47.6 Å². The fourth-order valence-corrected chi connectivity index (χ4v) is 5.99. The SMILES string of the molecule is O=C1N([C@H]2CC[C@@H](O)CC2)CC[C@@]12CCCN(c1ncc(-c3ccccc3)cc1Cl)C2. The van der Waals surface area contributed by atoms with Crippen molar-refractivity contribution in [2.45, 2.75) is 57.1 Å². The molecule has 3 aliphatic rings. The first-order valence-electron chi connectivity index (χ1n) is 11.5. The van der Waals surface area contributed by atoms with Gasteiger partial charge >= 0.3 is 0 Å². The molecule has 1 amide bonds. The Bertz CT molecular complexity index is 945. The molecule has 5 nitrogen and oxygen atoms in total. The number of benzene rings is 1. The first-order valence-corrected chi connectivity index (χ1v) is 11.9. The van der Waals surface area contributed by atoms with E-state index in [9.17, 15) is 9.90 Å². The minimum atomic E-state index is -0.322. The maximum atomic E-state index is 13.5. The zero-order valence-electron chi connectivity index (χ0n) is 17.8. The van der Waals surface area contributed by atoms with Gasteiger partial charge in [0.25, 0.3) is 0 Å². The molecule has 0 unspecified atom stereocenters. The number of nitrogens with zero attached hydrogens (tertiary/aromatic N) is 3. The molecule has 1 aromatic heterocycles. The summed E-state index contributed by atoms with van der Waals surface area (Å²) in [6.07, 6.45) is 7.95. The number of amides is 1. The molecule has 2 saturated heterocycles. The zero-order valence-corrected chi connectivity index (χ0v) is 18.6. The van der Waals surface area contributed by atoms with Crippen LogP contribution in [0.15, 0.2) is 42.6 Å². The Labute approximate surface area is 189 Å². The van der Waals surface area contributed by atoms with E-state index in [0.717, 1.165) is 75.0 Å². The number of piperidine rings is 1. The summed E-state index contributed by atoms with van der Waals surface area (Å²) in [6.45, 7) is 2.40. The Morgan fingerprint density at radius 1 is 1.03 bits per heavy atom. The average molecular weight is 440 g/mol. The number of aromatic nitrogens is 1. The number of carbonyl (C=O) groups excluding carboxylic acids is 1. The van der Waals surface area contributed by atoms with Crippen molar-refractivity contribution in [3.8, 4) is 11.1 Å². The number of likely N-dealkylation sites (tertiary alicyclic amines) is 1. The molecule has 1 saturated carbocycles. The summed E-state index contributed by atoms with van der Waals surface area (Å²) >= 11 is 6.69. The third-order valence-electron chi connectivity index (χ3n) is 7.46. The number of rotatable bonds is 3. The normalized spacial score (nSPS) is 29.0. The van der Waals surface area contributed by atoms with Crippen LogP contribution in [0.25, 0.3) is 11.1 Å². The van der Waals surface area contributed by atoms with Gasteiger partial charge in [0.05, 0.1) is 16.5 Å². The highest BCUT2D eigenvalue weighted by Crippen LogP contribution is 2.44. The molecule has 1 aliphatic carbocycles. The molecule has 31 heavy (non-hydrogen) atoms. The number of anilines is 1.